The SMILES string of the molecule is C=CCN(C(=O)C1CCN(S(=O)(=O)c2ccc(C(C)=O)cc2)CC1)c1ccccc1. The molecule has 0 aliphatic carbocycles. The molecular weight excluding hydrogens is 400 g/mol. The van der Waals surface area contributed by atoms with Crippen LogP contribution in [0.1, 0.15) is 30.1 Å². The molecule has 1 saturated heterocycles. The van der Waals surface area contributed by atoms with E-state index in [9.17, 15) is 18.0 Å². The molecule has 3 rings (SSSR count). The van der Waals surface area contributed by atoms with Crippen molar-refractivity contribution in [3.63, 3.8) is 0 Å². The summed E-state index contributed by atoms with van der Waals surface area (Å²) >= 11 is 0. The van der Waals surface area contributed by atoms with Crippen LogP contribution in [0.5, 0.6) is 0 Å². The maximum atomic E-state index is 13.1. The molecule has 1 aliphatic heterocycles. The van der Waals surface area contributed by atoms with E-state index in [1.165, 1.54) is 35.5 Å². The fourth-order valence-electron chi connectivity index (χ4n) is 3.63. The molecule has 0 spiro atoms. The number of Topliss-reactive ketones (excluding diaryl/α,β-unsaturated/α-hetero) is 1. The molecule has 158 valence electrons. The van der Waals surface area contributed by atoms with Gasteiger partial charge in [0.15, 0.2) is 5.78 Å². The van der Waals surface area contributed by atoms with Crippen molar-refractivity contribution in [3.05, 3.63) is 72.8 Å². The number of hydrogen-bond donors (Lipinski definition) is 0. The molecule has 0 radical (unpaired) electrons. The van der Waals surface area contributed by atoms with Crippen LogP contribution in [0.15, 0.2) is 72.1 Å². The lowest BCUT2D eigenvalue weighted by molar-refractivity contribution is -0.123. The predicted octanol–water partition coefficient (Wildman–Crippen LogP) is 3.51. The first kappa shape index (κ1) is 21.9. The molecule has 7 heteroatoms. The summed E-state index contributed by atoms with van der Waals surface area (Å²) in [6.45, 7) is 6.16. The van der Waals surface area contributed by atoms with Gasteiger partial charge in [-0.3, -0.25) is 9.59 Å². The number of ketones is 1. The maximum Gasteiger partial charge on any atom is 0.243 e. The van der Waals surface area contributed by atoms with Gasteiger partial charge in [-0.2, -0.15) is 4.31 Å². The Bertz CT molecular complexity index is 1010. The molecular formula is C23H26N2O4S. The monoisotopic (exact) mass is 426 g/mol. The molecule has 0 aromatic heterocycles. The summed E-state index contributed by atoms with van der Waals surface area (Å²) in [4.78, 5) is 26.4. The molecule has 1 heterocycles. The van der Waals surface area contributed by atoms with E-state index in [4.69, 9.17) is 0 Å². The number of sulfonamides is 1. The Morgan fingerprint density at radius 3 is 2.20 bits per heavy atom. The minimum absolute atomic E-state index is 0.0102. The number of piperidine rings is 1. The van der Waals surface area contributed by atoms with E-state index in [1.807, 2.05) is 30.3 Å². The van der Waals surface area contributed by atoms with Crippen LogP contribution in [0.3, 0.4) is 0 Å². The number of rotatable bonds is 7. The lowest BCUT2D eigenvalue weighted by Crippen LogP contribution is -2.44. The van der Waals surface area contributed by atoms with Crippen LogP contribution >= 0.6 is 0 Å². The summed E-state index contributed by atoms with van der Waals surface area (Å²) in [6.07, 6.45) is 2.61. The molecule has 6 nitrogen and oxygen atoms in total. The van der Waals surface area contributed by atoms with Crippen LogP contribution < -0.4 is 4.90 Å². The summed E-state index contributed by atoms with van der Waals surface area (Å²) in [5, 5.41) is 0. The fourth-order valence-corrected chi connectivity index (χ4v) is 5.10. The molecule has 30 heavy (non-hydrogen) atoms. The third kappa shape index (κ3) is 4.68. The highest BCUT2D eigenvalue weighted by molar-refractivity contribution is 7.89. The molecule has 2 aromatic carbocycles. The van der Waals surface area contributed by atoms with Crippen molar-refractivity contribution < 1.29 is 18.0 Å². The average molecular weight is 427 g/mol. The van der Waals surface area contributed by atoms with E-state index in [1.54, 1.807) is 11.0 Å². The molecule has 2 aromatic rings. The second kappa shape index (κ2) is 9.36. The van der Waals surface area contributed by atoms with Gasteiger partial charge in [-0.15, -0.1) is 6.58 Å². The van der Waals surface area contributed by atoms with Crippen LogP contribution in [-0.4, -0.2) is 44.0 Å². The van der Waals surface area contributed by atoms with Gasteiger partial charge in [-0.25, -0.2) is 8.42 Å². The first-order chi connectivity index (χ1) is 14.3. The van der Waals surface area contributed by atoms with Crippen molar-refractivity contribution in [1.82, 2.24) is 4.31 Å². The second-order valence-corrected chi connectivity index (χ2v) is 9.27. The minimum Gasteiger partial charge on any atom is -0.308 e. The second-order valence-electron chi connectivity index (χ2n) is 7.33. The van der Waals surface area contributed by atoms with Gasteiger partial charge in [0.1, 0.15) is 0 Å². The zero-order valence-electron chi connectivity index (χ0n) is 17.0. The summed E-state index contributed by atoms with van der Waals surface area (Å²) in [7, 11) is -3.66. The minimum atomic E-state index is -3.66. The van der Waals surface area contributed by atoms with E-state index in [0.717, 1.165) is 5.69 Å². The molecule has 0 atom stereocenters. The van der Waals surface area contributed by atoms with E-state index in [0.29, 0.717) is 24.9 Å². The van der Waals surface area contributed by atoms with Crippen LogP contribution in [-0.2, 0) is 14.8 Å². The fraction of sp³-hybridized carbons (Fsp3) is 0.304. The van der Waals surface area contributed by atoms with Gasteiger partial charge in [0.05, 0.1) is 4.90 Å². The Balaban J connectivity index is 1.69. The Morgan fingerprint density at radius 2 is 1.67 bits per heavy atom. The summed E-state index contributed by atoms with van der Waals surface area (Å²) in [5.41, 5.74) is 1.28. The van der Waals surface area contributed by atoms with E-state index in [-0.39, 0.29) is 35.6 Å². The van der Waals surface area contributed by atoms with Gasteiger partial charge < -0.3 is 4.90 Å². The van der Waals surface area contributed by atoms with Crippen molar-refractivity contribution in [2.45, 2.75) is 24.7 Å². The van der Waals surface area contributed by atoms with Gasteiger partial charge in [0, 0.05) is 36.8 Å². The lowest BCUT2D eigenvalue weighted by atomic mass is 9.96. The predicted molar refractivity (Wildman–Crippen MR) is 117 cm³/mol. The smallest absolute Gasteiger partial charge is 0.243 e. The Kier molecular flexibility index (Phi) is 6.84. The van der Waals surface area contributed by atoms with Crippen LogP contribution in [0.25, 0.3) is 0 Å². The normalized spacial score (nSPS) is 15.5. The van der Waals surface area contributed by atoms with Crippen LogP contribution in [0, 0.1) is 5.92 Å². The number of anilines is 1. The van der Waals surface area contributed by atoms with Crippen molar-refractivity contribution in [1.29, 1.82) is 0 Å². The third-order valence-electron chi connectivity index (χ3n) is 5.35. The highest BCUT2D eigenvalue weighted by Crippen LogP contribution is 2.27. The molecule has 0 saturated carbocycles. The first-order valence-corrected chi connectivity index (χ1v) is 11.4. The highest BCUT2D eigenvalue weighted by atomic mass is 32.2. The average Bonchev–Trinajstić information content (AvgIpc) is 2.77. The Labute approximate surface area is 177 Å². The van der Waals surface area contributed by atoms with Crippen molar-refractivity contribution >= 4 is 27.4 Å². The standard InChI is InChI=1S/C23H26N2O4S/c1-3-15-25(21-7-5-4-6-8-21)23(27)20-13-16-24(17-14-20)30(28,29)22-11-9-19(10-12-22)18(2)26/h3-12,20H,1,13-17H2,2H3. The van der Waals surface area contributed by atoms with Crippen molar-refractivity contribution in [2.24, 2.45) is 5.92 Å². The topological polar surface area (TPSA) is 74.8 Å². The van der Waals surface area contributed by atoms with E-state index >= 15 is 0 Å². The first-order valence-electron chi connectivity index (χ1n) is 9.93. The quantitative estimate of drug-likeness (QED) is 0.502. The van der Waals surface area contributed by atoms with Crippen molar-refractivity contribution in [2.75, 3.05) is 24.5 Å². The zero-order chi connectivity index (χ0) is 21.7. The highest BCUT2D eigenvalue weighted by Gasteiger charge is 2.34. The number of amides is 1. The van der Waals surface area contributed by atoms with Crippen molar-refractivity contribution in [3.8, 4) is 0 Å². The van der Waals surface area contributed by atoms with Gasteiger partial charge in [-0.05, 0) is 44.0 Å². The molecule has 0 bridgehead atoms. The third-order valence-corrected chi connectivity index (χ3v) is 7.26. The molecule has 1 aliphatic rings. The van der Waals surface area contributed by atoms with Crippen LogP contribution in [0.4, 0.5) is 5.69 Å². The largest absolute Gasteiger partial charge is 0.308 e. The zero-order valence-corrected chi connectivity index (χ0v) is 17.8. The summed E-state index contributed by atoms with van der Waals surface area (Å²) < 4.78 is 27.3. The molecule has 1 amide bonds. The number of benzene rings is 2. The number of hydrogen-bond acceptors (Lipinski definition) is 4. The van der Waals surface area contributed by atoms with Gasteiger partial charge >= 0.3 is 0 Å². The van der Waals surface area contributed by atoms with E-state index < -0.39 is 10.0 Å². The number of carbonyl (C=O) groups excluding carboxylic acids is 2. The van der Waals surface area contributed by atoms with E-state index in [2.05, 4.69) is 6.58 Å². The molecule has 0 unspecified atom stereocenters. The summed E-state index contributed by atoms with van der Waals surface area (Å²) in [5.74, 6) is -0.360. The number of para-hydroxylation sites is 1. The molecule has 1 fully saturated rings. The number of carbonyl (C=O) groups is 2. The summed E-state index contributed by atoms with van der Waals surface area (Å²) in [6, 6.07) is 15.4. The maximum absolute atomic E-state index is 13.1. The lowest BCUT2D eigenvalue weighted by Gasteiger charge is -2.33. The van der Waals surface area contributed by atoms with Gasteiger partial charge in [-0.1, -0.05) is 36.4 Å². The van der Waals surface area contributed by atoms with Gasteiger partial charge in [0.2, 0.25) is 15.9 Å². The number of nitrogens with zero attached hydrogens (tertiary/aromatic N) is 2. The Hall–Kier alpha value is -2.77. The molecule has 0 N–H and O–H groups in total. The van der Waals surface area contributed by atoms with Crippen LogP contribution in [0.2, 0.25) is 0 Å². The van der Waals surface area contributed by atoms with Gasteiger partial charge in [0.25, 0.3) is 0 Å². The Morgan fingerprint density at radius 1 is 1.07 bits per heavy atom.